The van der Waals surface area contributed by atoms with Gasteiger partial charge in [0.15, 0.2) is 0 Å². The maximum atomic E-state index is 9.79. The Bertz CT molecular complexity index is 392. The lowest BCUT2D eigenvalue weighted by Crippen LogP contribution is -1.99. The van der Waals surface area contributed by atoms with E-state index in [2.05, 4.69) is 5.10 Å². The summed E-state index contributed by atoms with van der Waals surface area (Å²) in [7, 11) is 1.82. The number of aromatic nitrogens is 2. The summed E-state index contributed by atoms with van der Waals surface area (Å²) in [5.74, 6) is 0.779. The highest BCUT2D eigenvalue weighted by molar-refractivity contribution is 5.11. The number of nitrogens with zero attached hydrogens (tertiary/aromatic N) is 2. The summed E-state index contributed by atoms with van der Waals surface area (Å²) in [6, 6.07) is 3.66. The van der Waals surface area contributed by atoms with Crippen molar-refractivity contribution in [2.45, 2.75) is 12.5 Å². The van der Waals surface area contributed by atoms with Crippen LogP contribution in [0.2, 0.25) is 0 Å². The number of aryl methyl sites for hydroxylation is 1. The van der Waals surface area contributed by atoms with E-state index in [1.807, 2.05) is 19.2 Å². The van der Waals surface area contributed by atoms with Crippen LogP contribution in [-0.2, 0) is 13.5 Å². The van der Waals surface area contributed by atoms with Crippen LogP contribution in [0.1, 0.15) is 17.4 Å². The Hall–Kier alpha value is -1.55. The monoisotopic (exact) mass is 192 g/mol. The average Bonchev–Trinajstić information content (AvgIpc) is 2.75. The summed E-state index contributed by atoms with van der Waals surface area (Å²) in [5, 5.41) is 13.8. The molecular weight excluding hydrogens is 180 g/mol. The number of hydrogen-bond donors (Lipinski definition) is 1. The summed E-state index contributed by atoms with van der Waals surface area (Å²) >= 11 is 0. The number of rotatable bonds is 3. The molecule has 14 heavy (non-hydrogen) atoms. The molecule has 0 aliphatic heterocycles. The molecule has 0 fully saturated rings. The van der Waals surface area contributed by atoms with Crippen LogP contribution in [0, 0.1) is 0 Å². The van der Waals surface area contributed by atoms with Crippen molar-refractivity contribution in [3.8, 4) is 0 Å². The highest BCUT2D eigenvalue weighted by Crippen LogP contribution is 2.17. The fraction of sp³-hybridized carbons (Fsp3) is 0.300. The Balaban J connectivity index is 2.06. The Labute approximate surface area is 81.8 Å². The number of furan rings is 1. The summed E-state index contributed by atoms with van der Waals surface area (Å²) in [5.41, 5.74) is 0.809. The van der Waals surface area contributed by atoms with E-state index in [0.717, 1.165) is 11.3 Å². The second kappa shape index (κ2) is 3.67. The van der Waals surface area contributed by atoms with E-state index in [4.69, 9.17) is 4.42 Å². The lowest BCUT2D eigenvalue weighted by Gasteiger charge is -2.04. The summed E-state index contributed by atoms with van der Waals surface area (Å²) < 4.78 is 6.81. The molecule has 0 aliphatic carbocycles. The topological polar surface area (TPSA) is 51.2 Å². The SMILES string of the molecule is Cn1cc(C(O)Cc2ccco2)cn1. The number of hydrogen-bond acceptors (Lipinski definition) is 3. The minimum absolute atomic E-state index is 0.485. The number of aliphatic hydroxyl groups excluding tert-OH is 1. The molecule has 2 aromatic rings. The smallest absolute Gasteiger partial charge is 0.106 e. The molecule has 0 amide bonds. The lowest BCUT2D eigenvalue weighted by atomic mass is 10.1. The first-order chi connectivity index (χ1) is 6.75. The van der Waals surface area contributed by atoms with Gasteiger partial charge in [-0.15, -0.1) is 0 Å². The normalized spacial score (nSPS) is 13.0. The van der Waals surface area contributed by atoms with Crippen LogP contribution in [0.15, 0.2) is 35.2 Å². The van der Waals surface area contributed by atoms with E-state index in [0.29, 0.717) is 6.42 Å². The van der Waals surface area contributed by atoms with Crippen LogP contribution in [0.4, 0.5) is 0 Å². The minimum atomic E-state index is -0.546. The second-order valence-corrected chi connectivity index (χ2v) is 3.25. The summed E-state index contributed by atoms with van der Waals surface area (Å²) in [4.78, 5) is 0. The minimum Gasteiger partial charge on any atom is -0.469 e. The molecule has 0 aromatic carbocycles. The third kappa shape index (κ3) is 1.85. The van der Waals surface area contributed by atoms with Gasteiger partial charge in [-0.05, 0) is 12.1 Å². The van der Waals surface area contributed by atoms with Crippen molar-refractivity contribution in [3.63, 3.8) is 0 Å². The van der Waals surface area contributed by atoms with Crippen LogP contribution in [0.3, 0.4) is 0 Å². The van der Waals surface area contributed by atoms with Crippen molar-refractivity contribution >= 4 is 0 Å². The van der Waals surface area contributed by atoms with Gasteiger partial charge in [-0.25, -0.2) is 0 Å². The molecule has 1 atom stereocenters. The van der Waals surface area contributed by atoms with Crippen LogP contribution >= 0.6 is 0 Å². The van der Waals surface area contributed by atoms with Gasteiger partial charge in [0, 0.05) is 25.2 Å². The largest absolute Gasteiger partial charge is 0.469 e. The van der Waals surface area contributed by atoms with E-state index in [9.17, 15) is 5.11 Å². The van der Waals surface area contributed by atoms with Crippen LogP contribution in [0.5, 0.6) is 0 Å². The van der Waals surface area contributed by atoms with Crippen molar-refractivity contribution in [2.75, 3.05) is 0 Å². The Kier molecular flexibility index (Phi) is 2.37. The molecule has 1 unspecified atom stereocenters. The highest BCUT2D eigenvalue weighted by Gasteiger charge is 2.11. The quantitative estimate of drug-likeness (QED) is 0.797. The molecule has 0 saturated heterocycles. The van der Waals surface area contributed by atoms with Gasteiger partial charge in [-0.1, -0.05) is 0 Å². The van der Waals surface area contributed by atoms with Gasteiger partial charge in [0.2, 0.25) is 0 Å². The zero-order chi connectivity index (χ0) is 9.97. The van der Waals surface area contributed by atoms with Gasteiger partial charge in [0.25, 0.3) is 0 Å². The summed E-state index contributed by atoms with van der Waals surface area (Å²) in [6.45, 7) is 0. The highest BCUT2D eigenvalue weighted by atomic mass is 16.3. The molecule has 74 valence electrons. The zero-order valence-corrected chi connectivity index (χ0v) is 7.92. The molecule has 0 spiro atoms. The molecule has 2 heterocycles. The van der Waals surface area contributed by atoms with Crippen molar-refractivity contribution in [3.05, 3.63) is 42.1 Å². The molecule has 0 bridgehead atoms. The van der Waals surface area contributed by atoms with E-state index < -0.39 is 6.10 Å². The van der Waals surface area contributed by atoms with E-state index in [1.54, 1.807) is 23.3 Å². The van der Waals surface area contributed by atoms with Crippen molar-refractivity contribution < 1.29 is 9.52 Å². The van der Waals surface area contributed by atoms with Gasteiger partial charge in [0.05, 0.1) is 18.6 Å². The van der Waals surface area contributed by atoms with Crippen molar-refractivity contribution in [1.29, 1.82) is 0 Å². The average molecular weight is 192 g/mol. The Morgan fingerprint density at radius 2 is 2.50 bits per heavy atom. The van der Waals surface area contributed by atoms with Gasteiger partial charge in [0.1, 0.15) is 5.76 Å². The van der Waals surface area contributed by atoms with Crippen molar-refractivity contribution in [1.82, 2.24) is 9.78 Å². The van der Waals surface area contributed by atoms with E-state index in [-0.39, 0.29) is 0 Å². The molecule has 0 aliphatic rings. The molecule has 0 radical (unpaired) electrons. The lowest BCUT2D eigenvalue weighted by molar-refractivity contribution is 0.170. The van der Waals surface area contributed by atoms with Crippen LogP contribution < -0.4 is 0 Å². The first kappa shape index (κ1) is 9.02. The molecule has 2 rings (SSSR count). The first-order valence-corrected chi connectivity index (χ1v) is 4.44. The number of aliphatic hydroxyl groups is 1. The molecule has 4 heteroatoms. The summed E-state index contributed by atoms with van der Waals surface area (Å²) in [6.07, 6.45) is 5.00. The Morgan fingerprint density at radius 1 is 1.64 bits per heavy atom. The predicted molar refractivity (Wildman–Crippen MR) is 50.6 cm³/mol. The van der Waals surface area contributed by atoms with Gasteiger partial charge < -0.3 is 9.52 Å². The fourth-order valence-electron chi connectivity index (χ4n) is 1.35. The standard InChI is InChI=1S/C10H12N2O2/c1-12-7-8(6-11-12)10(13)5-9-3-2-4-14-9/h2-4,6-7,10,13H,5H2,1H3. The zero-order valence-electron chi connectivity index (χ0n) is 7.92. The molecule has 2 aromatic heterocycles. The maximum Gasteiger partial charge on any atom is 0.106 e. The second-order valence-electron chi connectivity index (χ2n) is 3.25. The van der Waals surface area contributed by atoms with E-state index in [1.165, 1.54) is 0 Å². The first-order valence-electron chi connectivity index (χ1n) is 4.44. The van der Waals surface area contributed by atoms with Crippen LogP contribution in [0.25, 0.3) is 0 Å². The maximum absolute atomic E-state index is 9.79. The van der Waals surface area contributed by atoms with Gasteiger partial charge in [-0.2, -0.15) is 5.10 Å². The molecule has 4 nitrogen and oxygen atoms in total. The van der Waals surface area contributed by atoms with Gasteiger partial charge in [-0.3, -0.25) is 4.68 Å². The third-order valence-corrected chi connectivity index (χ3v) is 2.08. The van der Waals surface area contributed by atoms with Crippen LogP contribution in [-0.4, -0.2) is 14.9 Å². The third-order valence-electron chi connectivity index (χ3n) is 2.08. The van der Waals surface area contributed by atoms with Gasteiger partial charge >= 0.3 is 0 Å². The molecule has 0 saturated carbocycles. The van der Waals surface area contributed by atoms with E-state index >= 15 is 0 Å². The predicted octanol–water partition coefficient (Wildman–Crippen LogP) is 1.29. The molecule has 1 N–H and O–H groups in total. The van der Waals surface area contributed by atoms with Crippen molar-refractivity contribution in [2.24, 2.45) is 7.05 Å². The fourth-order valence-corrected chi connectivity index (χ4v) is 1.35. The Morgan fingerprint density at radius 3 is 3.07 bits per heavy atom. The molecular formula is C10H12N2O2.